The molecule has 1 aliphatic rings. The van der Waals surface area contributed by atoms with Crippen LogP contribution >= 0.6 is 0 Å². The zero-order chi connectivity index (χ0) is 20.7. The molecule has 1 aromatic heterocycles. The largest absolute Gasteiger partial charge is 0.294 e. The molecule has 0 aliphatic carbocycles. The van der Waals surface area contributed by atoms with Crippen LogP contribution in [-0.2, 0) is 6.42 Å². The Kier molecular flexibility index (Phi) is 4.65. The van der Waals surface area contributed by atoms with Crippen molar-refractivity contribution in [2.24, 2.45) is 0 Å². The fourth-order valence-electron chi connectivity index (χ4n) is 4.49. The third kappa shape index (κ3) is 3.20. The third-order valence-corrected chi connectivity index (χ3v) is 5.95. The summed E-state index contributed by atoms with van der Waals surface area (Å²) in [5.74, 6) is 3.00. The predicted octanol–water partition coefficient (Wildman–Crippen LogP) is 5.52. The lowest BCUT2D eigenvalue weighted by atomic mass is 9.92. The zero-order valence-corrected chi connectivity index (χ0v) is 17.2. The summed E-state index contributed by atoms with van der Waals surface area (Å²) in [6.07, 6.45) is 1.00. The molecule has 0 amide bonds. The maximum atomic E-state index is 13.3. The van der Waals surface area contributed by atoms with Gasteiger partial charge in [-0.3, -0.25) is 9.47 Å². The summed E-state index contributed by atoms with van der Waals surface area (Å²) >= 11 is 0. The van der Waals surface area contributed by atoms with Gasteiger partial charge in [-0.2, -0.15) is 0 Å². The molecule has 30 heavy (non-hydrogen) atoms. The van der Waals surface area contributed by atoms with Gasteiger partial charge in [0.25, 0.3) is 0 Å². The van der Waals surface area contributed by atoms with Gasteiger partial charge in [0.05, 0.1) is 17.3 Å². The monoisotopic (exact) mass is 394 g/mol. The van der Waals surface area contributed by atoms with Crippen LogP contribution in [0.1, 0.15) is 34.0 Å². The molecule has 0 spiro atoms. The molecule has 1 aliphatic heterocycles. The van der Waals surface area contributed by atoms with Gasteiger partial charge in [-0.15, -0.1) is 0 Å². The molecule has 0 saturated heterocycles. The Balaban J connectivity index is 1.76. The SMILES string of the molecule is Cc1ccc2c(c1)c1c(n2C#Cc2ccc(F)cc2)C(c2ccccc2)N(C)CC1. The summed E-state index contributed by atoms with van der Waals surface area (Å²) in [6, 6.07) is 27.1. The summed E-state index contributed by atoms with van der Waals surface area (Å²) in [5.41, 5.74) is 7.09. The molecule has 1 atom stereocenters. The van der Waals surface area contributed by atoms with Crippen molar-refractivity contribution in [3.05, 3.63) is 107 Å². The average Bonchev–Trinajstić information content (AvgIpc) is 3.06. The summed E-state index contributed by atoms with van der Waals surface area (Å²) < 4.78 is 15.4. The minimum atomic E-state index is -0.245. The number of benzene rings is 3. The molecule has 2 nitrogen and oxygen atoms in total. The lowest BCUT2D eigenvalue weighted by Crippen LogP contribution is -2.33. The molecule has 3 heteroatoms. The first-order valence-electron chi connectivity index (χ1n) is 10.3. The molecule has 148 valence electrons. The number of likely N-dealkylation sites (N-methyl/N-ethyl adjacent to an activating group) is 1. The second-order valence-electron chi connectivity index (χ2n) is 8.01. The van der Waals surface area contributed by atoms with Gasteiger partial charge in [0.15, 0.2) is 0 Å². The van der Waals surface area contributed by atoms with Crippen molar-refractivity contribution in [1.29, 1.82) is 0 Å². The highest BCUT2D eigenvalue weighted by Gasteiger charge is 2.31. The van der Waals surface area contributed by atoms with Gasteiger partial charge < -0.3 is 0 Å². The second kappa shape index (κ2) is 7.48. The quantitative estimate of drug-likeness (QED) is 0.386. The van der Waals surface area contributed by atoms with Crippen LogP contribution < -0.4 is 0 Å². The first-order chi connectivity index (χ1) is 14.6. The summed E-state index contributed by atoms with van der Waals surface area (Å²) in [4.78, 5) is 2.40. The van der Waals surface area contributed by atoms with Crippen LogP contribution in [0.4, 0.5) is 4.39 Å². The Labute approximate surface area is 176 Å². The van der Waals surface area contributed by atoms with Crippen LogP contribution in [0.2, 0.25) is 0 Å². The molecule has 0 fully saturated rings. The molecule has 0 N–H and O–H groups in total. The number of halogens is 1. The maximum Gasteiger partial charge on any atom is 0.123 e. The Morgan fingerprint density at radius 1 is 0.967 bits per heavy atom. The molecular formula is C27H23FN2. The van der Waals surface area contributed by atoms with Crippen molar-refractivity contribution in [1.82, 2.24) is 9.47 Å². The van der Waals surface area contributed by atoms with Crippen molar-refractivity contribution < 1.29 is 4.39 Å². The van der Waals surface area contributed by atoms with Gasteiger partial charge >= 0.3 is 0 Å². The van der Waals surface area contributed by atoms with E-state index in [1.807, 2.05) is 0 Å². The van der Waals surface area contributed by atoms with E-state index in [-0.39, 0.29) is 11.9 Å². The van der Waals surface area contributed by atoms with Gasteiger partial charge in [0, 0.05) is 23.5 Å². The first-order valence-corrected chi connectivity index (χ1v) is 10.3. The number of aryl methyl sites for hydroxylation is 1. The number of nitrogens with zero attached hydrogens (tertiary/aromatic N) is 2. The van der Waals surface area contributed by atoms with Crippen LogP contribution in [0.25, 0.3) is 10.9 Å². The van der Waals surface area contributed by atoms with Crippen LogP contribution in [0, 0.1) is 24.7 Å². The summed E-state index contributed by atoms with van der Waals surface area (Å²) in [6.45, 7) is 3.14. The number of hydrogen-bond donors (Lipinski definition) is 0. The fraction of sp³-hybridized carbons (Fsp3) is 0.185. The van der Waals surface area contributed by atoms with Crippen molar-refractivity contribution in [3.63, 3.8) is 0 Å². The molecule has 0 saturated carbocycles. The minimum absolute atomic E-state index is 0.144. The predicted molar refractivity (Wildman–Crippen MR) is 120 cm³/mol. The normalized spacial score (nSPS) is 16.2. The molecule has 3 aromatic carbocycles. The molecular weight excluding hydrogens is 371 g/mol. The summed E-state index contributed by atoms with van der Waals surface area (Å²) in [5, 5.41) is 1.28. The Hall–Kier alpha value is -3.35. The summed E-state index contributed by atoms with van der Waals surface area (Å²) in [7, 11) is 2.18. The van der Waals surface area contributed by atoms with E-state index < -0.39 is 0 Å². The van der Waals surface area contributed by atoms with Crippen LogP contribution in [-0.4, -0.2) is 23.1 Å². The third-order valence-electron chi connectivity index (χ3n) is 5.95. The second-order valence-corrected chi connectivity index (χ2v) is 8.01. The van der Waals surface area contributed by atoms with Gasteiger partial charge in [-0.05, 0) is 73.8 Å². The first kappa shape index (κ1) is 18.7. The number of hydrogen-bond acceptors (Lipinski definition) is 1. The number of aromatic nitrogens is 1. The highest BCUT2D eigenvalue weighted by atomic mass is 19.1. The Bertz CT molecular complexity index is 1270. The van der Waals surface area contributed by atoms with E-state index in [2.05, 4.69) is 83.9 Å². The van der Waals surface area contributed by atoms with Crippen molar-refractivity contribution in [3.8, 4) is 12.0 Å². The van der Waals surface area contributed by atoms with E-state index in [4.69, 9.17) is 0 Å². The van der Waals surface area contributed by atoms with E-state index in [1.165, 1.54) is 39.9 Å². The Morgan fingerprint density at radius 2 is 1.73 bits per heavy atom. The lowest BCUT2D eigenvalue weighted by molar-refractivity contribution is 0.259. The van der Waals surface area contributed by atoms with E-state index in [1.54, 1.807) is 12.1 Å². The van der Waals surface area contributed by atoms with E-state index in [0.717, 1.165) is 24.0 Å². The molecule has 2 heterocycles. The van der Waals surface area contributed by atoms with Crippen LogP contribution in [0.3, 0.4) is 0 Å². The van der Waals surface area contributed by atoms with Gasteiger partial charge in [-0.1, -0.05) is 42.0 Å². The average molecular weight is 394 g/mol. The van der Waals surface area contributed by atoms with Crippen molar-refractivity contribution in [2.75, 3.05) is 13.6 Å². The van der Waals surface area contributed by atoms with E-state index in [0.29, 0.717) is 0 Å². The minimum Gasteiger partial charge on any atom is -0.294 e. The lowest BCUT2D eigenvalue weighted by Gasteiger charge is -2.34. The molecule has 5 rings (SSSR count). The van der Waals surface area contributed by atoms with Crippen LogP contribution in [0.15, 0.2) is 72.8 Å². The zero-order valence-electron chi connectivity index (χ0n) is 17.2. The molecule has 1 unspecified atom stereocenters. The van der Waals surface area contributed by atoms with E-state index in [9.17, 15) is 4.39 Å². The highest BCUT2D eigenvalue weighted by Crippen LogP contribution is 2.39. The van der Waals surface area contributed by atoms with Gasteiger partial charge in [0.2, 0.25) is 0 Å². The Morgan fingerprint density at radius 3 is 2.50 bits per heavy atom. The smallest absolute Gasteiger partial charge is 0.123 e. The van der Waals surface area contributed by atoms with Crippen LogP contribution in [0.5, 0.6) is 0 Å². The maximum absolute atomic E-state index is 13.3. The molecule has 0 bridgehead atoms. The highest BCUT2D eigenvalue weighted by molar-refractivity contribution is 5.88. The van der Waals surface area contributed by atoms with Gasteiger partial charge in [0.1, 0.15) is 5.82 Å². The topological polar surface area (TPSA) is 8.17 Å². The van der Waals surface area contributed by atoms with E-state index >= 15 is 0 Å². The van der Waals surface area contributed by atoms with Gasteiger partial charge in [-0.25, -0.2) is 4.39 Å². The van der Waals surface area contributed by atoms with Crippen molar-refractivity contribution >= 4 is 10.9 Å². The molecule has 4 aromatic rings. The fourth-order valence-corrected chi connectivity index (χ4v) is 4.49. The number of fused-ring (bicyclic) bond motifs is 3. The molecule has 0 radical (unpaired) electrons. The number of rotatable bonds is 1. The van der Waals surface area contributed by atoms with Crippen molar-refractivity contribution in [2.45, 2.75) is 19.4 Å². The standard InChI is InChI=1S/C27H23FN2/c1-19-8-13-25-24(18-19)23-15-16-29(2)26(21-6-4-3-5-7-21)27(23)30(25)17-14-20-9-11-22(28)12-10-20/h3-13,18,26H,15-16H2,1-2H3.